The van der Waals surface area contributed by atoms with E-state index in [0.29, 0.717) is 22.6 Å². The fourth-order valence-corrected chi connectivity index (χ4v) is 2.30. The lowest BCUT2D eigenvalue weighted by atomic mass is 10.2. The van der Waals surface area contributed by atoms with Gasteiger partial charge in [0.05, 0.1) is 12.1 Å². The third-order valence-electron chi connectivity index (χ3n) is 3.39. The summed E-state index contributed by atoms with van der Waals surface area (Å²) in [6.07, 6.45) is 0. The molecular weight excluding hydrogens is 336 g/mol. The Bertz CT molecular complexity index is 875. The Balaban J connectivity index is 1.67. The van der Waals surface area contributed by atoms with E-state index in [1.807, 2.05) is 12.1 Å². The molecule has 0 bridgehead atoms. The van der Waals surface area contributed by atoms with E-state index in [1.165, 1.54) is 0 Å². The molecule has 0 radical (unpaired) electrons. The molecular formula is C18H12ClF2NO2. The zero-order valence-corrected chi connectivity index (χ0v) is 13.1. The van der Waals surface area contributed by atoms with Crippen molar-refractivity contribution in [3.63, 3.8) is 0 Å². The Morgan fingerprint density at radius 2 is 1.79 bits per heavy atom. The van der Waals surface area contributed by atoms with Crippen LogP contribution in [0.25, 0.3) is 11.3 Å². The monoisotopic (exact) mass is 347 g/mol. The zero-order valence-electron chi connectivity index (χ0n) is 12.4. The molecule has 24 heavy (non-hydrogen) atoms. The molecule has 0 aliphatic carbocycles. The van der Waals surface area contributed by atoms with Gasteiger partial charge in [0.25, 0.3) is 5.91 Å². The van der Waals surface area contributed by atoms with E-state index in [9.17, 15) is 13.6 Å². The number of nitrogens with one attached hydrogen (secondary N) is 1. The number of furan rings is 1. The maximum absolute atomic E-state index is 13.5. The van der Waals surface area contributed by atoms with Crippen LogP contribution in [0, 0.1) is 11.6 Å². The van der Waals surface area contributed by atoms with Gasteiger partial charge in [-0.2, -0.15) is 0 Å². The van der Waals surface area contributed by atoms with E-state index < -0.39 is 17.5 Å². The van der Waals surface area contributed by atoms with Gasteiger partial charge in [-0.15, -0.1) is 0 Å². The molecule has 0 saturated carbocycles. The van der Waals surface area contributed by atoms with Crippen molar-refractivity contribution in [3.05, 3.63) is 82.6 Å². The summed E-state index contributed by atoms with van der Waals surface area (Å²) in [5.74, 6) is -1.15. The molecule has 0 saturated heterocycles. The molecule has 0 aliphatic heterocycles. The molecule has 6 heteroatoms. The Hall–Kier alpha value is -2.66. The second-order valence-electron chi connectivity index (χ2n) is 5.08. The van der Waals surface area contributed by atoms with E-state index in [1.54, 1.807) is 24.3 Å². The lowest BCUT2D eigenvalue weighted by molar-refractivity contribution is 0.0944. The largest absolute Gasteiger partial charge is 0.459 e. The maximum atomic E-state index is 13.5. The molecule has 0 fully saturated rings. The van der Waals surface area contributed by atoms with Gasteiger partial charge in [0.2, 0.25) is 0 Å². The number of amides is 1. The van der Waals surface area contributed by atoms with Crippen molar-refractivity contribution in [2.75, 3.05) is 0 Å². The molecule has 1 N–H and O–H groups in total. The highest BCUT2D eigenvalue weighted by atomic mass is 35.5. The fraction of sp³-hybridized carbons (Fsp3) is 0.0556. The second kappa shape index (κ2) is 6.84. The Kier molecular flexibility index (Phi) is 4.62. The quantitative estimate of drug-likeness (QED) is 0.736. The molecule has 0 aliphatic rings. The highest BCUT2D eigenvalue weighted by Gasteiger charge is 2.13. The standard InChI is InChI=1S/C18H12ClF2NO2/c19-12-3-1-11(2-4-12)17-8-6-14(24-17)10-22-18(23)15-7-5-13(20)9-16(15)21/h1-9H,10H2,(H,22,23). The minimum absolute atomic E-state index is 0.0865. The number of rotatable bonds is 4. The topological polar surface area (TPSA) is 42.2 Å². The second-order valence-corrected chi connectivity index (χ2v) is 5.52. The van der Waals surface area contributed by atoms with Crippen molar-refractivity contribution in [1.82, 2.24) is 5.32 Å². The summed E-state index contributed by atoms with van der Waals surface area (Å²) in [7, 11) is 0. The van der Waals surface area contributed by atoms with E-state index in [-0.39, 0.29) is 12.1 Å². The summed E-state index contributed by atoms with van der Waals surface area (Å²) in [5.41, 5.74) is 0.627. The van der Waals surface area contributed by atoms with E-state index in [2.05, 4.69) is 5.32 Å². The minimum Gasteiger partial charge on any atom is -0.459 e. The number of halogens is 3. The van der Waals surface area contributed by atoms with Crippen molar-refractivity contribution >= 4 is 17.5 Å². The molecule has 1 heterocycles. The Morgan fingerprint density at radius 3 is 2.50 bits per heavy atom. The molecule has 0 spiro atoms. The number of benzene rings is 2. The molecule has 2 aromatic carbocycles. The third kappa shape index (κ3) is 3.63. The SMILES string of the molecule is O=C(NCc1ccc(-c2ccc(Cl)cc2)o1)c1ccc(F)cc1F. The summed E-state index contributed by atoms with van der Waals surface area (Å²) in [4.78, 5) is 11.9. The van der Waals surface area contributed by atoms with Gasteiger partial charge in [0.1, 0.15) is 23.2 Å². The summed E-state index contributed by atoms with van der Waals surface area (Å²) < 4.78 is 32.0. The van der Waals surface area contributed by atoms with Crippen molar-refractivity contribution < 1.29 is 18.0 Å². The fourth-order valence-electron chi connectivity index (χ4n) is 2.18. The number of carbonyl (C=O) groups is 1. The molecule has 0 unspecified atom stereocenters. The summed E-state index contributed by atoms with van der Waals surface area (Å²) in [6.45, 7) is 0.0865. The van der Waals surface area contributed by atoms with Crippen LogP contribution < -0.4 is 5.32 Å². The number of carbonyl (C=O) groups excluding carboxylic acids is 1. The van der Waals surface area contributed by atoms with Gasteiger partial charge >= 0.3 is 0 Å². The normalized spacial score (nSPS) is 10.6. The zero-order chi connectivity index (χ0) is 17.1. The van der Waals surface area contributed by atoms with Crippen LogP contribution in [0.2, 0.25) is 5.02 Å². The minimum atomic E-state index is -0.909. The smallest absolute Gasteiger partial charge is 0.254 e. The van der Waals surface area contributed by atoms with E-state index in [4.69, 9.17) is 16.0 Å². The predicted molar refractivity (Wildman–Crippen MR) is 86.7 cm³/mol. The molecule has 3 aromatic rings. The first-order chi connectivity index (χ1) is 11.5. The van der Waals surface area contributed by atoms with Crippen LogP contribution in [0.5, 0.6) is 0 Å². The van der Waals surface area contributed by atoms with Gasteiger partial charge in [-0.1, -0.05) is 11.6 Å². The van der Waals surface area contributed by atoms with Crippen LogP contribution in [-0.2, 0) is 6.54 Å². The summed E-state index contributed by atoms with van der Waals surface area (Å²) in [6, 6.07) is 13.4. The van der Waals surface area contributed by atoms with Crippen LogP contribution in [0.15, 0.2) is 59.0 Å². The van der Waals surface area contributed by atoms with Gasteiger partial charge < -0.3 is 9.73 Å². The lowest BCUT2D eigenvalue weighted by Gasteiger charge is -2.04. The van der Waals surface area contributed by atoms with Crippen LogP contribution in [0.1, 0.15) is 16.1 Å². The van der Waals surface area contributed by atoms with Crippen molar-refractivity contribution in [1.29, 1.82) is 0 Å². The Labute approximate surface area is 141 Å². The Morgan fingerprint density at radius 1 is 1.04 bits per heavy atom. The van der Waals surface area contributed by atoms with Crippen LogP contribution in [0.4, 0.5) is 8.78 Å². The van der Waals surface area contributed by atoms with Crippen LogP contribution >= 0.6 is 11.6 Å². The van der Waals surface area contributed by atoms with Gasteiger partial charge in [-0.25, -0.2) is 8.78 Å². The first kappa shape index (κ1) is 16.2. The maximum Gasteiger partial charge on any atom is 0.254 e. The summed E-state index contributed by atoms with van der Waals surface area (Å²) >= 11 is 5.84. The molecule has 1 amide bonds. The van der Waals surface area contributed by atoms with Crippen molar-refractivity contribution in [2.24, 2.45) is 0 Å². The van der Waals surface area contributed by atoms with Gasteiger partial charge in [-0.05, 0) is 48.5 Å². The van der Waals surface area contributed by atoms with Crippen molar-refractivity contribution in [2.45, 2.75) is 6.54 Å². The summed E-state index contributed by atoms with van der Waals surface area (Å²) in [5, 5.41) is 3.16. The lowest BCUT2D eigenvalue weighted by Crippen LogP contribution is -2.23. The first-order valence-corrected chi connectivity index (χ1v) is 7.48. The number of hydrogen-bond donors (Lipinski definition) is 1. The van der Waals surface area contributed by atoms with Crippen LogP contribution in [0.3, 0.4) is 0 Å². The van der Waals surface area contributed by atoms with Crippen molar-refractivity contribution in [3.8, 4) is 11.3 Å². The average Bonchev–Trinajstić information content (AvgIpc) is 3.02. The van der Waals surface area contributed by atoms with E-state index in [0.717, 1.165) is 17.7 Å². The van der Waals surface area contributed by atoms with E-state index >= 15 is 0 Å². The highest BCUT2D eigenvalue weighted by molar-refractivity contribution is 6.30. The van der Waals surface area contributed by atoms with Crippen LogP contribution in [-0.4, -0.2) is 5.91 Å². The molecule has 122 valence electrons. The average molecular weight is 348 g/mol. The number of hydrogen-bond acceptors (Lipinski definition) is 2. The molecule has 3 nitrogen and oxygen atoms in total. The van der Waals surface area contributed by atoms with Gasteiger partial charge in [0.15, 0.2) is 0 Å². The molecule has 0 atom stereocenters. The molecule has 1 aromatic heterocycles. The highest BCUT2D eigenvalue weighted by Crippen LogP contribution is 2.23. The first-order valence-electron chi connectivity index (χ1n) is 7.11. The van der Waals surface area contributed by atoms with Gasteiger partial charge in [-0.3, -0.25) is 4.79 Å². The third-order valence-corrected chi connectivity index (χ3v) is 3.64. The van der Waals surface area contributed by atoms with Gasteiger partial charge in [0, 0.05) is 16.7 Å². The molecule has 3 rings (SSSR count). The predicted octanol–water partition coefficient (Wildman–Crippen LogP) is 4.81.